The van der Waals surface area contributed by atoms with Gasteiger partial charge in [-0.15, -0.1) is 0 Å². The quantitative estimate of drug-likeness (QED) is 0.776. The highest BCUT2D eigenvalue weighted by atomic mass is 16.2. The predicted octanol–water partition coefficient (Wildman–Crippen LogP) is 3.13. The summed E-state index contributed by atoms with van der Waals surface area (Å²) in [6.07, 6.45) is 3.96. The van der Waals surface area contributed by atoms with Crippen LogP contribution >= 0.6 is 0 Å². The third kappa shape index (κ3) is 4.19. The number of amides is 1. The normalized spacial score (nSPS) is 15.7. The molecule has 0 spiro atoms. The van der Waals surface area contributed by atoms with E-state index < -0.39 is 0 Å². The van der Waals surface area contributed by atoms with E-state index in [0.29, 0.717) is 11.5 Å². The molecule has 1 aromatic rings. The van der Waals surface area contributed by atoms with E-state index in [0.717, 1.165) is 6.42 Å². The largest absolute Gasteiger partial charge is 0.353 e. The number of benzene rings is 1. The van der Waals surface area contributed by atoms with Crippen LogP contribution in [0.3, 0.4) is 0 Å². The smallest absolute Gasteiger partial charge is 0.220 e. The highest BCUT2D eigenvalue weighted by Crippen LogP contribution is 2.32. The second-order valence-electron chi connectivity index (χ2n) is 5.67. The van der Waals surface area contributed by atoms with E-state index in [1.807, 2.05) is 31.2 Å². The summed E-state index contributed by atoms with van der Waals surface area (Å²) in [5.41, 5.74) is 1.92. The van der Waals surface area contributed by atoms with Crippen LogP contribution in [0.4, 0.5) is 0 Å². The topological polar surface area (TPSA) is 46.2 Å². The first-order valence-corrected chi connectivity index (χ1v) is 7.51. The molecule has 1 amide bonds. The maximum atomic E-state index is 12.0. The van der Waals surface area contributed by atoms with E-state index in [4.69, 9.17) is 0 Å². The van der Waals surface area contributed by atoms with Crippen LogP contribution in [0.15, 0.2) is 24.3 Å². The van der Waals surface area contributed by atoms with Gasteiger partial charge in [-0.1, -0.05) is 31.2 Å². The van der Waals surface area contributed by atoms with E-state index in [9.17, 15) is 9.59 Å². The monoisotopic (exact) mass is 273 g/mol. The summed E-state index contributed by atoms with van der Waals surface area (Å²) in [4.78, 5) is 23.8. The van der Waals surface area contributed by atoms with Crippen LogP contribution in [0.1, 0.15) is 55.5 Å². The molecular formula is C17H23NO2. The molecule has 3 nitrogen and oxygen atoms in total. The first kappa shape index (κ1) is 14.8. The molecule has 0 radical (unpaired) electrons. The molecule has 0 aromatic heterocycles. The van der Waals surface area contributed by atoms with Gasteiger partial charge in [0, 0.05) is 24.4 Å². The summed E-state index contributed by atoms with van der Waals surface area (Å²) in [5, 5.41) is 2.98. The van der Waals surface area contributed by atoms with Crippen LogP contribution in [-0.2, 0) is 11.2 Å². The number of Topliss-reactive ketones (excluding diaryl/α,β-unsaturated/α-hetero) is 1. The van der Waals surface area contributed by atoms with E-state index in [2.05, 4.69) is 12.2 Å². The number of aryl methyl sites for hydroxylation is 1. The SMILES string of the molecule is CCc1ccc(C(=O)CCC(=O)NC(C)C2CC2)cc1. The summed E-state index contributed by atoms with van der Waals surface area (Å²) in [5.74, 6) is 0.682. The lowest BCUT2D eigenvalue weighted by Gasteiger charge is -2.12. The lowest BCUT2D eigenvalue weighted by molar-refractivity contribution is -0.121. The zero-order valence-electron chi connectivity index (χ0n) is 12.3. The lowest BCUT2D eigenvalue weighted by atomic mass is 10.0. The molecule has 1 aliphatic carbocycles. The minimum atomic E-state index is -0.0112. The van der Waals surface area contributed by atoms with E-state index in [-0.39, 0.29) is 30.6 Å². The Balaban J connectivity index is 1.77. The van der Waals surface area contributed by atoms with Crippen molar-refractivity contribution in [3.63, 3.8) is 0 Å². The van der Waals surface area contributed by atoms with Crippen molar-refractivity contribution in [3.8, 4) is 0 Å². The summed E-state index contributed by atoms with van der Waals surface area (Å²) in [6.45, 7) is 4.13. The molecule has 3 heteroatoms. The zero-order chi connectivity index (χ0) is 14.5. The maximum Gasteiger partial charge on any atom is 0.220 e. The van der Waals surface area contributed by atoms with E-state index in [1.54, 1.807) is 0 Å². The number of hydrogen-bond donors (Lipinski definition) is 1. The molecule has 0 aliphatic heterocycles. The molecule has 1 unspecified atom stereocenters. The molecule has 1 saturated carbocycles. The Kier molecular flexibility index (Phi) is 4.94. The van der Waals surface area contributed by atoms with Gasteiger partial charge in [-0.2, -0.15) is 0 Å². The van der Waals surface area contributed by atoms with Crippen LogP contribution in [0.25, 0.3) is 0 Å². The van der Waals surface area contributed by atoms with Gasteiger partial charge in [-0.3, -0.25) is 9.59 Å². The first-order chi connectivity index (χ1) is 9.60. The second-order valence-corrected chi connectivity index (χ2v) is 5.67. The Morgan fingerprint density at radius 3 is 2.40 bits per heavy atom. The lowest BCUT2D eigenvalue weighted by Crippen LogP contribution is -2.34. The molecule has 1 aromatic carbocycles. The van der Waals surface area contributed by atoms with Crippen LogP contribution in [0.5, 0.6) is 0 Å². The average molecular weight is 273 g/mol. The van der Waals surface area contributed by atoms with Crippen molar-refractivity contribution in [2.75, 3.05) is 0 Å². The van der Waals surface area contributed by atoms with Crippen molar-refractivity contribution in [2.24, 2.45) is 5.92 Å². The molecule has 0 saturated heterocycles. The van der Waals surface area contributed by atoms with Gasteiger partial charge in [0.15, 0.2) is 5.78 Å². The van der Waals surface area contributed by atoms with Crippen LogP contribution in [0.2, 0.25) is 0 Å². The Bertz CT molecular complexity index is 474. The van der Waals surface area contributed by atoms with Gasteiger partial charge >= 0.3 is 0 Å². The number of rotatable bonds is 7. The van der Waals surface area contributed by atoms with Gasteiger partial charge < -0.3 is 5.32 Å². The number of carbonyl (C=O) groups excluding carboxylic acids is 2. The molecule has 1 N–H and O–H groups in total. The predicted molar refractivity (Wildman–Crippen MR) is 79.7 cm³/mol. The number of hydrogen-bond acceptors (Lipinski definition) is 2. The van der Waals surface area contributed by atoms with Crippen molar-refractivity contribution in [1.29, 1.82) is 0 Å². The minimum absolute atomic E-state index is 0.0112. The fourth-order valence-electron chi connectivity index (χ4n) is 2.34. The number of carbonyl (C=O) groups is 2. The Morgan fingerprint density at radius 2 is 1.85 bits per heavy atom. The third-order valence-electron chi connectivity index (χ3n) is 3.98. The van der Waals surface area contributed by atoms with Gasteiger partial charge in [0.25, 0.3) is 0 Å². The Morgan fingerprint density at radius 1 is 1.20 bits per heavy atom. The molecule has 1 atom stereocenters. The van der Waals surface area contributed by atoms with Crippen molar-refractivity contribution in [3.05, 3.63) is 35.4 Å². The Hall–Kier alpha value is -1.64. The summed E-state index contributed by atoms with van der Waals surface area (Å²) in [7, 11) is 0. The third-order valence-corrected chi connectivity index (χ3v) is 3.98. The van der Waals surface area contributed by atoms with Crippen molar-refractivity contribution in [2.45, 2.75) is 52.0 Å². The van der Waals surface area contributed by atoms with Crippen molar-refractivity contribution < 1.29 is 9.59 Å². The molecule has 20 heavy (non-hydrogen) atoms. The molecule has 1 aliphatic rings. The fourth-order valence-corrected chi connectivity index (χ4v) is 2.34. The number of ketones is 1. The van der Waals surface area contributed by atoms with Crippen LogP contribution in [0, 0.1) is 5.92 Å². The molecule has 2 rings (SSSR count). The minimum Gasteiger partial charge on any atom is -0.353 e. The molecule has 0 heterocycles. The fraction of sp³-hybridized carbons (Fsp3) is 0.529. The molecule has 0 bridgehead atoms. The highest BCUT2D eigenvalue weighted by Gasteiger charge is 2.28. The average Bonchev–Trinajstić information content (AvgIpc) is 3.29. The van der Waals surface area contributed by atoms with Crippen molar-refractivity contribution >= 4 is 11.7 Å². The van der Waals surface area contributed by atoms with Gasteiger partial charge in [-0.05, 0) is 37.7 Å². The number of nitrogens with one attached hydrogen (secondary N) is 1. The zero-order valence-corrected chi connectivity index (χ0v) is 12.3. The van der Waals surface area contributed by atoms with Gasteiger partial charge in [0.05, 0.1) is 0 Å². The Labute approximate surface area is 120 Å². The van der Waals surface area contributed by atoms with Crippen molar-refractivity contribution in [1.82, 2.24) is 5.32 Å². The molecule has 108 valence electrons. The molecule has 1 fully saturated rings. The molecular weight excluding hydrogens is 250 g/mol. The second kappa shape index (κ2) is 6.69. The van der Waals surface area contributed by atoms with Gasteiger partial charge in [0.2, 0.25) is 5.91 Å². The van der Waals surface area contributed by atoms with E-state index >= 15 is 0 Å². The summed E-state index contributed by atoms with van der Waals surface area (Å²) >= 11 is 0. The van der Waals surface area contributed by atoms with Gasteiger partial charge in [0.1, 0.15) is 0 Å². The first-order valence-electron chi connectivity index (χ1n) is 7.51. The maximum absolute atomic E-state index is 12.0. The standard InChI is InChI=1S/C17H23NO2/c1-3-13-4-6-15(7-5-13)16(19)10-11-17(20)18-12(2)14-8-9-14/h4-7,12,14H,3,8-11H2,1-2H3,(H,18,20). The summed E-state index contributed by atoms with van der Waals surface area (Å²) in [6, 6.07) is 7.91. The van der Waals surface area contributed by atoms with Crippen LogP contribution < -0.4 is 5.32 Å². The summed E-state index contributed by atoms with van der Waals surface area (Å²) < 4.78 is 0. The van der Waals surface area contributed by atoms with Crippen LogP contribution in [-0.4, -0.2) is 17.7 Å². The highest BCUT2D eigenvalue weighted by molar-refractivity contribution is 5.98. The van der Waals surface area contributed by atoms with E-state index in [1.165, 1.54) is 18.4 Å². The van der Waals surface area contributed by atoms with Gasteiger partial charge in [-0.25, -0.2) is 0 Å².